The summed E-state index contributed by atoms with van der Waals surface area (Å²) in [5, 5.41) is 16.3. The number of halogens is 1. The summed E-state index contributed by atoms with van der Waals surface area (Å²) in [6.45, 7) is 1.94. The average Bonchev–Trinajstić information content (AvgIpc) is 2.74. The van der Waals surface area contributed by atoms with Gasteiger partial charge in [0.25, 0.3) is 5.91 Å². The van der Waals surface area contributed by atoms with Crippen LogP contribution in [0.1, 0.15) is 30.0 Å². The standard InChI is InChI=1S/C23H21ClN2O2/c1-2-21(17-10-9-15-20(24)16-17)25-26-22(27)23(28,18-11-5-3-6-12-18)19-13-7-4-8-14-19/h3-16,28H,2H2,1H3,(H,26,27). The van der Waals surface area contributed by atoms with Gasteiger partial charge in [-0.15, -0.1) is 0 Å². The minimum absolute atomic E-state index is 0.467. The molecule has 0 radical (unpaired) electrons. The number of hydrogen-bond donors (Lipinski definition) is 2. The Kier molecular flexibility index (Phi) is 6.24. The van der Waals surface area contributed by atoms with Crippen molar-refractivity contribution in [1.29, 1.82) is 0 Å². The van der Waals surface area contributed by atoms with Crippen LogP contribution in [0.25, 0.3) is 0 Å². The molecular formula is C23H21ClN2O2. The van der Waals surface area contributed by atoms with Crippen LogP contribution in [0.2, 0.25) is 5.02 Å². The van der Waals surface area contributed by atoms with Crippen molar-refractivity contribution in [3.05, 3.63) is 107 Å². The Morgan fingerprint density at radius 2 is 1.54 bits per heavy atom. The molecule has 1 amide bonds. The minimum Gasteiger partial charge on any atom is -0.372 e. The maximum atomic E-state index is 13.1. The van der Waals surface area contributed by atoms with Gasteiger partial charge in [0, 0.05) is 5.02 Å². The summed E-state index contributed by atoms with van der Waals surface area (Å²) in [6.07, 6.45) is 0.593. The zero-order valence-corrected chi connectivity index (χ0v) is 16.2. The first-order valence-electron chi connectivity index (χ1n) is 9.02. The summed E-state index contributed by atoms with van der Waals surface area (Å²) >= 11 is 6.06. The van der Waals surface area contributed by atoms with Gasteiger partial charge in [-0.25, -0.2) is 5.43 Å². The number of rotatable bonds is 6. The maximum absolute atomic E-state index is 13.1. The number of hydrazone groups is 1. The molecule has 0 heterocycles. The van der Waals surface area contributed by atoms with Crippen LogP contribution >= 0.6 is 11.6 Å². The van der Waals surface area contributed by atoms with E-state index in [1.165, 1.54) is 0 Å². The van der Waals surface area contributed by atoms with E-state index in [4.69, 9.17) is 11.6 Å². The fourth-order valence-electron chi connectivity index (χ4n) is 3.00. The summed E-state index contributed by atoms with van der Waals surface area (Å²) in [7, 11) is 0. The SMILES string of the molecule is CCC(=NNC(=O)C(O)(c1ccccc1)c1ccccc1)c1cccc(Cl)c1. The molecule has 2 N–H and O–H groups in total. The van der Waals surface area contributed by atoms with E-state index in [1.807, 2.05) is 31.2 Å². The highest BCUT2D eigenvalue weighted by Crippen LogP contribution is 2.29. The van der Waals surface area contributed by atoms with Crippen molar-refractivity contribution >= 4 is 23.2 Å². The molecule has 4 nitrogen and oxygen atoms in total. The highest BCUT2D eigenvalue weighted by molar-refractivity contribution is 6.31. The second kappa shape index (κ2) is 8.83. The van der Waals surface area contributed by atoms with Crippen molar-refractivity contribution < 1.29 is 9.90 Å². The number of amides is 1. The minimum atomic E-state index is -1.86. The number of nitrogens with zero attached hydrogens (tertiary/aromatic N) is 1. The molecule has 0 aromatic heterocycles. The summed E-state index contributed by atoms with van der Waals surface area (Å²) in [5.74, 6) is -0.627. The molecule has 3 rings (SSSR count). The molecule has 0 saturated carbocycles. The molecule has 0 aliphatic heterocycles. The highest BCUT2D eigenvalue weighted by atomic mass is 35.5. The van der Waals surface area contributed by atoms with E-state index in [9.17, 15) is 9.90 Å². The molecule has 0 spiro atoms. The molecule has 0 fully saturated rings. The Balaban J connectivity index is 1.96. The molecule has 0 aliphatic carbocycles. The Labute approximate surface area is 169 Å². The van der Waals surface area contributed by atoms with Gasteiger partial charge in [-0.2, -0.15) is 5.10 Å². The molecule has 3 aromatic rings. The third-order valence-corrected chi connectivity index (χ3v) is 4.73. The van der Waals surface area contributed by atoms with E-state index in [0.717, 1.165) is 5.56 Å². The highest BCUT2D eigenvalue weighted by Gasteiger charge is 2.39. The average molecular weight is 393 g/mol. The summed E-state index contributed by atoms with van der Waals surface area (Å²) in [6, 6.07) is 24.9. The molecule has 0 saturated heterocycles. The normalized spacial score (nSPS) is 11.9. The first-order valence-corrected chi connectivity index (χ1v) is 9.40. The van der Waals surface area contributed by atoms with Crippen molar-refractivity contribution in [1.82, 2.24) is 5.43 Å². The maximum Gasteiger partial charge on any atom is 0.281 e. The Hall–Kier alpha value is -2.95. The van der Waals surface area contributed by atoms with E-state index in [-0.39, 0.29) is 0 Å². The van der Waals surface area contributed by atoms with E-state index in [2.05, 4.69) is 10.5 Å². The second-order valence-electron chi connectivity index (χ2n) is 6.31. The van der Waals surface area contributed by atoms with Crippen LogP contribution in [-0.4, -0.2) is 16.7 Å². The van der Waals surface area contributed by atoms with Crippen molar-refractivity contribution in [2.24, 2.45) is 5.10 Å². The first kappa shape index (κ1) is 19.8. The Morgan fingerprint density at radius 3 is 2.04 bits per heavy atom. The largest absolute Gasteiger partial charge is 0.372 e. The quantitative estimate of drug-likeness (QED) is 0.479. The number of hydrogen-bond acceptors (Lipinski definition) is 3. The van der Waals surface area contributed by atoms with Gasteiger partial charge >= 0.3 is 0 Å². The van der Waals surface area contributed by atoms with Crippen molar-refractivity contribution in [3.8, 4) is 0 Å². The van der Waals surface area contributed by atoms with Gasteiger partial charge in [-0.05, 0) is 35.2 Å². The number of nitrogens with one attached hydrogen (secondary N) is 1. The monoisotopic (exact) mass is 392 g/mol. The summed E-state index contributed by atoms with van der Waals surface area (Å²) in [4.78, 5) is 13.1. The number of aliphatic hydroxyl groups is 1. The van der Waals surface area contributed by atoms with Crippen LogP contribution in [0.5, 0.6) is 0 Å². The predicted molar refractivity (Wildman–Crippen MR) is 112 cm³/mol. The van der Waals surface area contributed by atoms with Crippen LogP contribution in [0.15, 0.2) is 90.0 Å². The van der Waals surface area contributed by atoms with E-state index in [0.29, 0.717) is 28.3 Å². The molecule has 0 unspecified atom stereocenters. The topological polar surface area (TPSA) is 61.7 Å². The molecule has 142 valence electrons. The Bertz CT molecular complexity index is 933. The predicted octanol–water partition coefficient (Wildman–Crippen LogP) is 4.51. The number of benzene rings is 3. The van der Waals surface area contributed by atoms with Gasteiger partial charge in [0.2, 0.25) is 0 Å². The van der Waals surface area contributed by atoms with Crippen molar-refractivity contribution in [2.75, 3.05) is 0 Å². The van der Waals surface area contributed by atoms with Crippen molar-refractivity contribution in [2.45, 2.75) is 18.9 Å². The molecular weight excluding hydrogens is 372 g/mol. The van der Waals surface area contributed by atoms with Gasteiger partial charge in [0.1, 0.15) is 0 Å². The Morgan fingerprint density at radius 1 is 0.964 bits per heavy atom. The summed E-state index contributed by atoms with van der Waals surface area (Å²) < 4.78 is 0. The lowest BCUT2D eigenvalue weighted by Crippen LogP contribution is -2.44. The lowest BCUT2D eigenvalue weighted by Gasteiger charge is -2.27. The van der Waals surface area contributed by atoms with Crippen LogP contribution in [0.3, 0.4) is 0 Å². The van der Waals surface area contributed by atoms with Crippen LogP contribution in [-0.2, 0) is 10.4 Å². The van der Waals surface area contributed by atoms with Crippen LogP contribution in [0.4, 0.5) is 0 Å². The fourth-order valence-corrected chi connectivity index (χ4v) is 3.19. The number of carbonyl (C=O) groups is 1. The zero-order chi connectivity index (χ0) is 20.0. The summed E-state index contributed by atoms with van der Waals surface area (Å²) in [5.41, 5.74) is 3.10. The molecule has 3 aromatic carbocycles. The lowest BCUT2D eigenvalue weighted by molar-refractivity contribution is -0.136. The number of carbonyl (C=O) groups excluding carboxylic acids is 1. The second-order valence-corrected chi connectivity index (χ2v) is 6.74. The molecule has 28 heavy (non-hydrogen) atoms. The molecule has 0 bridgehead atoms. The molecule has 0 aliphatic rings. The van der Waals surface area contributed by atoms with E-state index < -0.39 is 11.5 Å². The van der Waals surface area contributed by atoms with E-state index >= 15 is 0 Å². The van der Waals surface area contributed by atoms with Gasteiger partial charge in [0.15, 0.2) is 5.60 Å². The van der Waals surface area contributed by atoms with Gasteiger partial charge in [-0.1, -0.05) is 91.3 Å². The zero-order valence-electron chi connectivity index (χ0n) is 15.5. The fraction of sp³-hybridized carbons (Fsp3) is 0.130. The lowest BCUT2D eigenvalue weighted by atomic mass is 9.85. The van der Waals surface area contributed by atoms with Gasteiger partial charge in [0.05, 0.1) is 5.71 Å². The van der Waals surface area contributed by atoms with E-state index in [1.54, 1.807) is 60.7 Å². The third-order valence-electron chi connectivity index (χ3n) is 4.50. The first-order chi connectivity index (χ1) is 13.6. The smallest absolute Gasteiger partial charge is 0.281 e. The van der Waals surface area contributed by atoms with Crippen LogP contribution < -0.4 is 5.43 Å². The van der Waals surface area contributed by atoms with Gasteiger partial charge < -0.3 is 5.11 Å². The molecule has 0 atom stereocenters. The van der Waals surface area contributed by atoms with Gasteiger partial charge in [-0.3, -0.25) is 4.79 Å². The molecule has 5 heteroatoms. The van der Waals surface area contributed by atoms with Crippen LogP contribution in [0, 0.1) is 0 Å². The third kappa shape index (κ3) is 4.14. The van der Waals surface area contributed by atoms with Crippen molar-refractivity contribution in [3.63, 3.8) is 0 Å².